The van der Waals surface area contributed by atoms with Gasteiger partial charge in [-0.25, -0.2) is 9.31 Å². The number of nitrogens with zero attached hydrogens (tertiary/aromatic N) is 2. The van der Waals surface area contributed by atoms with E-state index < -0.39 is 11.5 Å². The zero-order valence-electron chi connectivity index (χ0n) is 13.0. The average molecular weight is 348 g/mol. The Labute approximate surface area is 141 Å². The number of hydrogen-bond donors (Lipinski definition) is 2. The van der Waals surface area contributed by atoms with Crippen LogP contribution in [0.15, 0.2) is 29.2 Å². The highest BCUT2D eigenvalue weighted by Gasteiger charge is 2.21. The number of H-pyrrole nitrogens is 1. The Kier molecular flexibility index (Phi) is 4.13. The summed E-state index contributed by atoms with van der Waals surface area (Å²) in [5.41, 5.74) is 1.83. The molecule has 2 heterocycles. The van der Waals surface area contributed by atoms with Crippen LogP contribution in [0, 0.1) is 6.92 Å². The number of aromatic amines is 1. The first-order valence-electron chi connectivity index (χ1n) is 7.05. The van der Waals surface area contributed by atoms with Crippen molar-refractivity contribution in [1.29, 1.82) is 0 Å². The van der Waals surface area contributed by atoms with Gasteiger partial charge in [-0.2, -0.15) is 5.10 Å². The smallest absolute Gasteiger partial charge is 0.356 e. The van der Waals surface area contributed by atoms with Gasteiger partial charge in [0, 0.05) is 23.3 Å². The minimum Gasteiger partial charge on any atom is -0.476 e. The lowest BCUT2D eigenvalue weighted by atomic mass is 10.1. The number of hydrogen-bond acceptors (Lipinski definition) is 4. The van der Waals surface area contributed by atoms with Crippen molar-refractivity contribution in [3.63, 3.8) is 0 Å². The van der Waals surface area contributed by atoms with Crippen molar-refractivity contribution in [1.82, 2.24) is 14.6 Å². The first-order valence-corrected chi connectivity index (χ1v) is 7.43. The van der Waals surface area contributed by atoms with Gasteiger partial charge in [0.25, 0.3) is 5.56 Å². The summed E-state index contributed by atoms with van der Waals surface area (Å²) in [6.07, 6.45) is 1.56. The third-order valence-corrected chi connectivity index (χ3v) is 4.10. The molecule has 0 radical (unpaired) electrons. The number of aromatic carboxylic acids is 1. The minimum absolute atomic E-state index is 0.0239. The number of aromatic nitrogens is 3. The van der Waals surface area contributed by atoms with E-state index in [0.717, 1.165) is 5.56 Å². The van der Waals surface area contributed by atoms with Gasteiger partial charge < -0.3 is 14.8 Å². The van der Waals surface area contributed by atoms with Crippen molar-refractivity contribution in [2.24, 2.45) is 0 Å². The topological polar surface area (TPSA) is 96.7 Å². The van der Waals surface area contributed by atoms with Gasteiger partial charge >= 0.3 is 5.97 Å². The molecule has 124 valence electrons. The van der Waals surface area contributed by atoms with Crippen LogP contribution in [0.3, 0.4) is 0 Å². The Morgan fingerprint density at radius 3 is 2.83 bits per heavy atom. The fourth-order valence-electron chi connectivity index (χ4n) is 2.50. The van der Waals surface area contributed by atoms with Crippen LogP contribution in [0.4, 0.5) is 0 Å². The maximum Gasteiger partial charge on any atom is 0.356 e. The van der Waals surface area contributed by atoms with Crippen LogP contribution in [0.2, 0.25) is 5.02 Å². The number of carbonyl (C=O) groups is 1. The number of carboxylic acids is 1. The number of carboxylic acid groups (broad SMARTS) is 1. The predicted octanol–water partition coefficient (Wildman–Crippen LogP) is 2.50. The van der Waals surface area contributed by atoms with E-state index in [-0.39, 0.29) is 23.4 Å². The quantitative estimate of drug-likeness (QED) is 0.755. The first kappa shape index (κ1) is 16.2. The number of fused-ring (bicyclic) bond motifs is 1. The second-order valence-corrected chi connectivity index (χ2v) is 5.73. The number of aryl methyl sites for hydroxylation is 1. The molecule has 7 nitrogen and oxygen atoms in total. The number of ether oxygens (including phenoxy) is 1. The summed E-state index contributed by atoms with van der Waals surface area (Å²) < 4.78 is 6.26. The monoisotopic (exact) mass is 347 g/mol. The lowest BCUT2D eigenvalue weighted by molar-refractivity contribution is 0.0685. The van der Waals surface area contributed by atoms with Crippen molar-refractivity contribution in [2.45, 2.75) is 13.5 Å². The Hall–Kier alpha value is -2.64. The number of benzene rings is 1. The molecule has 3 aromatic rings. The molecule has 0 bridgehead atoms. The molecule has 1 aromatic carbocycles. The third-order valence-electron chi connectivity index (χ3n) is 3.70. The van der Waals surface area contributed by atoms with Gasteiger partial charge in [0.15, 0.2) is 5.69 Å². The van der Waals surface area contributed by atoms with Crippen molar-refractivity contribution in [2.75, 3.05) is 7.11 Å². The molecule has 0 aliphatic heterocycles. The van der Waals surface area contributed by atoms with E-state index in [0.29, 0.717) is 16.3 Å². The van der Waals surface area contributed by atoms with E-state index in [4.69, 9.17) is 16.3 Å². The summed E-state index contributed by atoms with van der Waals surface area (Å²) in [5, 5.41) is 13.8. The number of methoxy groups -OCH3 is 1. The standard InChI is InChI=1S/C16H14ClN3O4/c1-8-3-4-9(5-11(8)17)12-6-20-14(15(21)18-12)10(7-24-2)13(19-20)16(22)23/h3-6H,7H2,1-2H3,(H,18,21)(H,22,23). The van der Waals surface area contributed by atoms with Gasteiger partial charge in [-0.1, -0.05) is 23.7 Å². The molecule has 0 unspecified atom stereocenters. The maximum absolute atomic E-state index is 12.5. The zero-order chi connectivity index (χ0) is 17.4. The van der Waals surface area contributed by atoms with Crippen LogP contribution in [0.1, 0.15) is 21.6 Å². The van der Waals surface area contributed by atoms with Gasteiger partial charge in [-0.05, 0) is 18.6 Å². The summed E-state index contributed by atoms with van der Waals surface area (Å²) in [6, 6.07) is 5.38. The van der Waals surface area contributed by atoms with Gasteiger partial charge in [0.05, 0.1) is 18.5 Å². The van der Waals surface area contributed by atoms with Crippen LogP contribution in [-0.4, -0.2) is 32.8 Å². The fourth-order valence-corrected chi connectivity index (χ4v) is 2.68. The summed E-state index contributed by atoms with van der Waals surface area (Å²) >= 11 is 6.13. The molecular formula is C16H14ClN3O4. The second kappa shape index (κ2) is 6.10. The zero-order valence-corrected chi connectivity index (χ0v) is 13.7. The third kappa shape index (κ3) is 2.68. The van der Waals surface area contributed by atoms with E-state index in [2.05, 4.69) is 10.1 Å². The largest absolute Gasteiger partial charge is 0.476 e. The van der Waals surface area contributed by atoms with Gasteiger partial charge in [0.2, 0.25) is 0 Å². The van der Waals surface area contributed by atoms with Crippen LogP contribution < -0.4 is 5.56 Å². The second-order valence-electron chi connectivity index (χ2n) is 5.32. The van der Waals surface area contributed by atoms with Crippen molar-refractivity contribution in [3.8, 4) is 11.3 Å². The molecule has 0 aliphatic rings. The Balaban J connectivity index is 2.25. The van der Waals surface area contributed by atoms with Crippen LogP contribution in [-0.2, 0) is 11.3 Å². The molecule has 0 saturated carbocycles. The van der Waals surface area contributed by atoms with Gasteiger partial charge in [-0.15, -0.1) is 0 Å². The normalized spacial score (nSPS) is 11.1. The molecule has 8 heteroatoms. The Bertz CT molecular complexity index is 1010. The molecule has 0 aliphatic carbocycles. The number of rotatable bonds is 4. The fraction of sp³-hybridized carbons (Fsp3) is 0.188. The van der Waals surface area contributed by atoms with Crippen molar-refractivity contribution < 1.29 is 14.6 Å². The van der Waals surface area contributed by atoms with Crippen molar-refractivity contribution in [3.05, 3.63) is 56.6 Å². The lowest BCUT2D eigenvalue weighted by Crippen LogP contribution is -2.12. The summed E-state index contributed by atoms with van der Waals surface area (Å²) in [5.74, 6) is -1.22. The summed E-state index contributed by atoms with van der Waals surface area (Å²) in [7, 11) is 1.42. The molecule has 0 amide bonds. The van der Waals surface area contributed by atoms with Crippen LogP contribution in [0.25, 0.3) is 16.8 Å². The van der Waals surface area contributed by atoms with Gasteiger partial charge in [0.1, 0.15) is 5.52 Å². The molecule has 0 fully saturated rings. The van der Waals surface area contributed by atoms with Crippen LogP contribution >= 0.6 is 11.6 Å². The maximum atomic E-state index is 12.5. The highest BCUT2D eigenvalue weighted by atomic mass is 35.5. The highest BCUT2D eigenvalue weighted by Crippen LogP contribution is 2.24. The number of nitrogens with one attached hydrogen (secondary N) is 1. The predicted molar refractivity (Wildman–Crippen MR) is 88.7 cm³/mol. The SMILES string of the molecule is COCc1c(C(=O)O)nn2cc(-c3ccc(C)c(Cl)c3)[nH]c(=O)c12. The van der Waals surface area contributed by atoms with E-state index in [1.165, 1.54) is 11.6 Å². The molecule has 3 rings (SSSR count). The highest BCUT2D eigenvalue weighted by molar-refractivity contribution is 6.31. The Morgan fingerprint density at radius 1 is 1.46 bits per heavy atom. The molecule has 2 aromatic heterocycles. The first-order chi connectivity index (χ1) is 11.4. The summed E-state index contributed by atoms with van der Waals surface area (Å²) in [4.78, 5) is 26.6. The average Bonchev–Trinajstić information content (AvgIpc) is 2.90. The molecule has 24 heavy (non-hydrogen) atoms. The molecule has 2 N–H and O–H groups in total. The minimum atomic E-state index is -1.22. The van der Waals surface area contributed by atoms with E-state index >= 15 is 0 Å². The lowest BCUT2D eigenvalue weighted by Gasteiger charge is -2.05. The van der Waals surface area contributed by atoms with Gasteiger partial charge in [-0.3, -0.25) is 4.79 Å². The molecular weight excluding hydrogens is 334 g/mol. The van der Waals surface area contributed by atoms with Crippen LogP contribution in [0.5, 0.6) is 0 Å². The number of halogens is 1. The molecule has 0 atom stereocenters. The molecule has 0 saturated heterocycles. The van der Waals surface area contributed by atoms with E-state index in [1.54, 1.807) is 12.3 Å². The van der Waals surface area contributed by atoms with Crippen molar-refractivity contribution >= 4 is 23.1 Å². The van der Waals surface area contributed by atoms with E-state index in [1.807, 2.05) is 19.1 Å². The van der Waals surface area contributed by atoms with E-state index in [9.17, 15) is 14.7 Å². The Morgan fingerprint density at radius 2 is 2.21 bits per heavy atom. The summed E-state index contributed by atoms with van der Waals surface area (Å²) in [6.45, 7) is 1.85. The molecule has 0 spiro atoms.